The molecular weight excluding hydrogens is 340 g/mol. The van der Waals surface area contributed by atoms with Gasteiger partial charge in [-0.2, -0.15) is 0 Å². The van der Waals surface area contributed by atoms with E-state index in [1.165, 1.54) is 0 Å². The van der Waals surface area contributed by atoms with Crippen LogP contribution in [-0.4, -0.2) is 37.1 Å². The van der Waals surface area contributed by atoms with Crippen LogP contribution in [0.25, 0.3) is 0 Å². The molecule has 1 heterocycles. The van der Waals surface area contributed by atoms with Gasteiger partial charge in [0.2, 0.25) is 0 Å². The van der Waals surface area contributed by atoms with Gasteiger partial charge in [0.25, 0.3) is 5.91 Å². The lowest BCUT2D eigenvalue weighted by molar-refractivity contribution is 0.0303. The maximum Gasteiger partial charge on any atom is 0.254 e. The Kier molecular flexibility index (Phi) is 4.05. The van der Waals surface area contributed by atoms with Crippen molar-refractivity contribution in [1.82, 2.24) is 4.90 Å². The standard InChI is InChI=1S/C11H11ClINO2/c12-9-2-1-8(7-10(9)13)11(15)14-3-5-16-6-4-14/h1-2,7H,3-6H2. The van der Waals surface area contributed by atoms with Crippen LogP contribution in [0.1, 0.15) is 10.4 Å². The summed E-state index contributed by atoms with van der Waals surface area (Å²) in [4.78, 5) is 13.9. The van der Waals surface area contributed by atoms with Crippen molar-refractivity contribution in [2.45, 2.75) is 0 Å². The Morgan fingerprint density at radius 1 is 1.38 bits per heavy atom. The van der Waals surface area contributed by atoms with E-state index in [1.807, 2.05) is 11.0 Å². The van der Waals surface area contributed by atoms with Crippen molar-refractivity contribution in [2.75, 3.05) is 26.3 Å². The summed E-state index contributed by atoms with van der Waals surface area (Å²) in [5.74, 6) is 0.0536. The van der Waals surface area contributed by atoms with Crippen LogP contribution in [0.2, 0.25) is 5.02 Å². The Bertz CT molecular complexity index is 405. The van der Waals surface area contributed by atoms with E-state index in [-0.39, 0.29) is 5.91 Å². The van der Waals surface area contributed by atoms with Crippen molar-refractivity contribution in [3.8, 4) is 0 Å². The second-order valence-corrected chi connectivity index (χ2v) is 5.10. The van der Waals surface area contributed by atoms with Crippen LogP contribution in [-0.2, 0) is 4.74 Å². The van der Waals surface area contributed by atoms with Gasteiger partial charge in [0.1, 0.15) is 0 Å². The molecule has 0 spiro atoms. The number of hydrogen-bond donors (Lipinski definition) is 0. The molecule has 86 valence electrons. The minimum atomic E-state index is 0.0536. The Morgan fingerprint density at radius 3 is 2.69 bits per heavy atom. The number of morpholine rings is 1. The summed E-state index contributed by atoms with van der Waals surface area (Å²) >= 11 is 8.05. The van der Waals surface area contributed by atoms with Crippen LogP contribution in [0.4, 0.5) is 0 Å². The van der Waals surface area contributed by atoms with Crippen LogP contribution < -0.4 is 0 Å². The van der Waals surface area contributed by atoms with Crippen LogP contribution >= 0.6 is 34.2 Å². The number of amides is 1. The molecule has 1 aromatic rings. The maximum atomic E-state index is 12.1. The molecule has 0 saturated carbocycles. The fraction of sp³-hybridized carbons (Fsp3) is 0.364. The average molecular weight is 352 g/mol. The molecule has 0 aliphatic carbocycles. The quantitative estimate of drug-likeness (QED) is 0.727. The van der Waals surface area contributed by atoms with E-state index in [9.17, 15) is 4.79 Å². The summed E-state index contributed by atoms with van der Waals surface area (Å²) in [5.41, 5.74) is 0.690. The number of ether oxygens (including phenoxy) is 1. The molecule has 2 rings (SSSR count). The highest BCUT2D eigenvalue weighted by Gasteiger charge is 2.18. The number of carbonyl (C=O) groups excluding carboxylic acids is 1. The minimum Gasteiger partial charge on any atom is -0.378 e. The molecule has 1 amide bonds. The first-order valence-corrected chi connectivity index (χ1v) is 6.46. The fourth-order valence-corrected chi connectivity index (χ4v) is 2.21. The molecule has 1 aromatic carbocycles. The van der Waals surface area contributed by atoms with E-state index in [0.717, 1.165) is 3.57 Å². The second-order valence-electron chi connectivity index (χ2n) is 3.53. The van der Waals surface area contributed by atoms with Crippen LogP contribution in [0.3, 0.4) is 0 Å². The van der Waals surface area contributed by atoms with Gasteiger partial charge in [-0.15, -0.1) is 0 Å². The number of benzene rings is 1. The minimum absolute atomic E-state index is 0.0536. The molecule has 0 aromatic heterocycles. The number of halogens is 2. The van der Waals surface area contributed by atoms with E-state index in [1.54, 1.807) is 12.1 Å². The van der Waals surface area contributed by atoms with E-state index < -0.39 is 0 Å². The SMILES string of the molecule is O=C(c1ccc(Cl)c(I)c1)N1CCOCC1. The zero-order chi connectivity index (χ0) is 11.5. The number of carbonyl (C=O) groups is 1. The third-order valence-corrected chi connectivity index (χ3v) is 4.01. The largest absolute Gasteiger partial charge is 0.378 e. The van der Waals surface area contributed by atoms with Gasteiger partial charge in [0, 0.05) is 22.2 Å². The van der Waals surface area contributed by atoms with Gasteiger partial charge in [-0.1, -0.05) is 11.6 Å². The maximum absolute atomic E-state index is 12.1. The monoisotopic (exact) mass is 351 g/mol. The molecule has 3 nitrogen and oxygen atoms in total. The smallest absolute Gasteiger partial charge is 0.254 e. The lowest BCUT2D eigenvalue weighted by atomic mass is 10.2. The van der Waals surface area contributed by atoms with Crippen molar-refractivity contribution in [1.29, 1.82) is 0 Å². The van der Waals surface area contributed by atoms with Gasteiger partial charge >= 0.3 is 0 Å². The van der Waals surface area contributed by atoms with E-state index >= 15 is 0 Å². The van der Waals surface area contributed by atoms with Crippen molar-refractivity contribution in [2.24, 2.45) is 0 Å². The molecule has 0 unspecified atom stereocenters. The molecule has 16 heavy (non-hydrogen) atoms. The highest BCUT2D eigenvalue weighted by molar-refractivity contribution is 14.1. The predicted octanol–water partition coefficient (Wildman–Crippen LogP) is 2.42. The molecule has 0 bridgehead atoms. The average Bonchev–Trinajstić information content (AvgIpc) is 2.33. The second kappa shape index (κ2) is 5.33. The van der Waals surface area contributed by atoms with Crippen LogP contribution in [0.15, 0.2) is 18.2 Å². The molecule has 1 aliphatic rings. The predicted molar refractivity (Wildman–Crippen MR) is 70.9 cm³/mol. The zero-order valence-corrected chi connectivity index (χ0v) is 11.5. The number of rotatable bonds is 1. The Hall–Kier alpha value is -0.330. The van der Waals surface area contributed by atoms with Crippen molar-refractivity contribution in [3.05, 3.63) is 32.4 Å². The van der Waals surface area contributed by atoms with Gasteiger partial charge in [-0.05, 0) is 40.8 Å². The zero-order valence-electron chi connectivity index (χ0n) is 8.58. The number of nitrogens with zero attached hydrogens (tertiary/aromatic N) is 1. The van der Waals surface area contributed by atoms with Crippen molar-refractivity contribution >= 4 is 40.1 Å². The Labute approximate surface area is 113 Å². The lowest BCUT2D eigenvalue weighted by Crippen LogP contribution is -2.40. The van der Waals surface area contributed by atoms with Gasteiger partial charge in [0.15, 0.2) is 0 Å². The first-order chi connectivity index (χ1) is 7.68. The summed E-state index contributed by atoms with van der Waals surface area (Å²) in [5, 5.41) is 0.680. The van der Waals surface area contributed by atoms with Crippen molar-refractivity contribution in [3.63, 3.8) is 0 Å². The van der Waals surface area contributed by atoms with Gasteiger partial charge in [-0.3, -0.25) is 4.79 Å². The summed E-state index contributed by atoms with van der Waals surface area (Å²) in [6, 6.07) is 5.35. The first-order valence-electron chi connectivity index (χ1n) is 5.00. The molecule has 5 heteroatoms. The normalized spacial score (nSPS) is 16.2. The Morgan fingerprint density at radius 2 is 2.06 bits per heavy atom. The molecule has 1 aliphatic heterocycles. The van der Waals surface area contributed by atoms with E-state index in [2.05, 4.69) is 22.6 Å². The van der Waals surface area contributed by atoms with Gasteiger partial charge < -0.3 is 9.64 Å². The summed E-state index contributed by atoms with van der Waals surface area (Å²) in [6.45, 7) is 2.57. The van der Waals surface area contributed by atoms with Gasteiger partial charge in [0.05, 0.1) is 18.2 Å². The lowest BCUT2D eigenvalue weighted by Gasteiger charge is -2.26. The molecule has 0 radical (unpaired) electrons. The van der Waals surface area contributed by atoms with Crippen LogP contribution in [0.5, 0.6) is 0 Å². The van der Waals surface area contributed by atoms with Crippen molar-refractivity contribution < 1.29 is 9.53 Å². The molecule has 1 saturated heterocycles. The Balaban J connectivity index is 2.16. The third kappa shape index (κ3) is 2.67. The highest BCUT2D eigenvalue weighted by Crippen LogP contribution is 2.20. The topological polar surface area (TPSA) is 29.5 Å². The first kappa shape index (κ1) is 12.1. The summed E-state index contributed by atoms with van der Waals surface area (Å²) in [7, 11) is 0. The fourth-order valence-electron chi connectivity index (χ4n) is 1.58. The van der Waals surface area contributed by atoms with Crippen LogP contribution in [0, 0.1) is 3.57 Å². The summed E-state index contributed by atoms with van der Waals surface area (Å²) < 4.78 is 6.11. The third-order valence-electron chi connectivity index (χ3n) is 2.46. The molecular formula is C11H11ClINO2. The van der Waals surface area contributed by atoms with E-state index in [0.29, 0.717) is 36.9 Å². The highest BCUT2D eigenvalue weighted by atomic mass is 127. The van der Waals surface area contributed by atoms with Gasteiger partial charge in [-0.25, -0.2) is 0 Å². The summed E-state index contributed by atoms with van der Waals surface area (Å²) in [6.07, 6.45) is 0. The molecule has 1 fully saturated rings. The molecule has 0 N–H and O–H groups in total. The van der Waals surface area contributed by atoms with E-state index in [4.69, 9.17) is 16.3 Å². The molecule has 0 atom stereocenters. The number of hydrogen-bond acceptors (Lipinski definition) is 2.